The lowest BCUT2D eigenvalue weighted by atomic mass is 9.78. The van der Waals surface area contributed by atoms with E-state index in [-0.39, 0.29) is 10.8 Å². The fourth-order valence-electron chi connectivity index (χ4n) is 3.09. The molecule has 27 heavy (non-hydrogen) atoms. The summed E-state index contributed by atoms with van der Waals surface area (Å²) in [5, 5.41) is 17.4. The molecular weight excluding hydrogens is 352 g/mol. The number of benzene rings is 2. The SMILES string of the molecule is CC(C)(C)c1cc(-c2csc(Nc3ccccc3)[nH+]2)cc(C(C)(C)C)c1O. The van der Waals surface area contributed by atoms with Crippen molar-refractivity contribution in [3.8, 4) is 17.0 Å². The highest BCUT2D eigenvalue weighted by molar-refractivity contribution is 7.13. The van der Waals surface area contributed by atoms with Crippen molar-refractivity contribution < 1.29 is 10.1 Å². The average Bonchev–Trinajstić information content (AvgIpc) is 3.02. The Balaban J connectivity index is 2.04. The summed E-state index contributed by atoms with van der Waals surface area (Å²) in [6, 6.07) is 14.3. The molecule has 0 saturated heterocycles. The summed E-state index contributed by atoms with van der Waals surface area (Å²) in [6.45, 7) is 12.8. The topological polar surface area (TPSA) is 46.4 Å². The van der Waals surface area contributed by atoms with Gasteiger partial charge >= 0.3 is 5.13 Å². The van der Waals surface area contributed by atoms with E-state index in [0.717, 1.165) is 33.2 Å². The lowest BCUT2D eigenvalue weighted by Gasteiger charge is -2.27. The van der Waals surface area contributed by atoms with Crippen molar-refractivity contribution in [2.24, 2.45) is 0 Å². The van der Waals surface area contributed by atoms with E-state index in [1.165, 1.54) is 0 Å². The summed E-state index contributed by atoms with van der Waals surface area (Å²) in [6.07, 6.45) is 0. The number of aromatic hydroxyl groups is 1. The van der Waals surface area contributed by atoms with Crippen LogP contribution in [0.2, 0.25) is 0 Å². The highest BCUT2D eigenvalue weighted by atomic mass is 32.1. The van der Waals surface area contributed by atoms with Gasteiger partial charge in [-0.25, -0.2) is 10.3 Å². The average molecular weight is 382 g/mol. The van der Waals surface area contributed by atoms with Crippen LogP contribution >= 0.6 is 11.3 Å². The molecule has 142 valence electrons. The molecule has 3 nitrogen and oxygen atoms in total. The van der Waals surface area contributed by atoms with Crippen LogP contribution < -0.4 is 10.3 Å². The van der Waals surface area contributed by atoms with E-state index < -0.39 is 0 Å². The van der Waals surface area contributed by atoms with Crippen LogP contribution in [0.5, 0.6) is 5.75 Å². The third-order valence-corrected chi connectivity index (χ3v) is 5.40. The molecule has 0 aliphatic rings. The molecule has 0 aliphatic carbocycles. The van der Waals surface area contributed by atoms with Gasteiger partial charge in [-0.05, 0) is 35.1 Å². The maximum atomic E-state index is 10.9. The van der Waals surface area contributed by atoms with Crippen molar-refractivity contribution in [3.05, 3.63) is 59.0 Å². The number of H-pyrrole nitrogens is 1. The molecule has 0 fully saturated rings. The third kappa shape index (κ3) is 4.33. The number of phenolic OH excluding ortho intramolecular Hbond substituents is 1. The Kier molecular flexibility index (Phi) is 5.04. The highest BCUT2D eigenvalue weighted by Crippen LogP contribution is 2.41. The molecule has 3 N–H and O–H groups in total. The third-order valence-electron chi connectivity index (χ3n) is 4.61. The van der Waals surface area contributed by atoms with Crippen LogP contribution in [0, 0.1) is 0 Å². The van der Waals surface area contributed by atoms with Crippen LogP contribution in [-0.2, 0) is 10.8 Å². The van der Waals surface area contributed by atoms with Gasteiger partial charge in [-0.1, -0.05) is 71.1 Å². The second kappa shape index (κ2) is 7.01. The smallest absolute Gasteiger partial charge is 0.337 e. The van der Waals surface area contributed by atoms with E-state index in [4.69, 9.17) is 0 Å². The molecule has 2 aromatic carbocycles. The number of hydrogen-bond acceptors (Lipinski definition) is 3. The molecule has 0 bridgehead atoms. The lowest BCUT2D eigenvalue weighted by Crippen LogP contribution is -2.18. The number of phenols is 1. The monoisotopic (exact) mass is 381 g/mol. The molecular formula is C23H29N2OS+. The molecule has 0 saturated carbocycles. The van der Waals surface area contributed by atoms with Gasteiger partial charge in [0, 0.05) is 22.1 Å². The molecule has 0 amide bonds. The predicted octanol–water partition coefficient (Wildman–Crippen LogP) is 6.27. The van der Waals surface area contributed by atoms with Crippen LogP contribution in [0.4, 0.5) is 10.8 Å². The Morgan fingerprint density at radius 3 is 1.96 bits per heavy atom. The van der Waals surface area contributed by atoms with Gasteiger partial charge in [-0.3, -0.25) is 0 Å². The summed E-state index contributed by atoms with van der Waals surface area (Å²) in [5.74, 6) is 0.414. The van der Waals surface area contributed by atoms with Gasteiger partial charge in [0.2, 0.25) is 0 Å². The summed E-state index contributed by atoms with van der Waals surface area (Å²) in [4.78, 5) is 3.48. The molecule has 3 rings (SSSR count). The van der Waals surface area contributed by atoms with Gasteiger partial charge in [0.1, 0.15) is 17.1 Å². The molecule has 1 aromatic heterocycles. The first-order valence-corrected chi connectivity index (χ1v) is 10.1. The number of aromatic nitrogens is 1. The second-order valence-electron chi connectivity index (χ2n) is 9.01. The Bertz CT molecular complexity index is 896. The van der Waals surface area contributed by atoms with E-state index in [0.29, 0.717) is 5.75 Å². The largest absolute Gasteiger partial charge is 0.507 e. The van der Waals surface area contributed by atoms with Crippen molar-refractivity contribution in [3.63, 3.8) is 0 Å². The van der Waals surface area contributed by atoms with E-state index in [2.05, 4.69) is 69.4 Å². The van der Waals surface area contributed by atoms with Gasteiger partial charge in [0.05, 0.1) is 0 Å². The summed E-state index contributed by atoms with van der Waals surface area (Å²) in [5.41, 5.74) is 4.87. The normalized spacial score (nSPS) is 12.2. The standard InChI is InChI=1S/C23H28N2OS/c1-22(2,3)17-12-15(13-18(20(17)26)23(4,5)6)19-14-27-21(25-19)24-16-10-8-7-9-11-16/h7-14,26H,1-6H3,(H,24,25)/p+1. The zero-order chi connectivity index (χ0) is 19.8. The zero-order valence-corrected chi connectivity index (χ0v) is 17.8. The van der Waals surface area contributed by atoms with Gasteiger partial charge in [-0.15, -0.1) is 0 Å². The Labute approximate surface area is 166 Å². The molecule has 3 aromatic rings. The second-order valence-corrected chi connectivity index (χ2v) is 9.89. The Morgan fingerprint density at radius 2 is 1.44 bits per heavy atom. The fraction of sp³-hybridized carbons (Fsp3) is 0.348. The number of nitrogens with one attached hydrogen (secondary N) is 2. The number of para-hydroxylation sites is 1. The number of aromatic amines is 1. The van der Waals surface area contributed by atoms with Crippen molar-refractivity contribution in [2.75, 3.05) is 5.32 Å². The van der Waals surface area contributed by atoms with Crippen molar-refractivity contribution in [1.82, 2.24) is 0 Å². The maximum absolute atomic E-state index is 10.9. The lowest BCUT2D eigenvalue weighted by molar-refractivity contribution is -0.340. The maximum Gasteiger partial charge on any atom is 0.337 e. The van der Waals surface area contributed by atoms with Crippen molar-refractivity contribution in [1.29, 1.82) is 0 Å². The van der Waals surface area contributed by atoms with E-state index in [9.17, 15) is 5.11 Å². The first-order chi connectivity index (χ1) is 12.6. The highest BCUT2D eigenvalue weighted by Gasteiger charge is 2.27. The van der Waals surface area contributed by atoms with Crippen LogP contribution in [-0.4, -0.2) is 5.11 Å². The van der Waals surface area contributed by atoms with Gasteiger partial charge in [0.25, 0.3) is 0 Å². The predicted molar refractivity (Wildman–Crippen MR) is 115 cm³/mol. The fourth-order valence-corrected chi connectivity index (χ4v) is 3.86. The quantitative estimate of drug-likeness (QED) is 0.561. The minimum Gasteiger partial charge on any atom is -0.507 e. The number of hydrogen-bond donors (Lipinski definition) is 2. The van der Waals surface area contributed by atoms with Gasteiger partial charge < -0.3 is 5.11 Å². The van der Waals surface area contributed by atoms with Crippen molar-refractivity contribution >= 4 is 22.2 Å². The summed E-state index contributed by atoms with van der Waals surface area (Å²) < 4.78 is 0. The van der Waals surface area contributed by atoms with Crippen LogP contribution in [0.1, 0.15) is 52.7 Å². The molecule has 0 unspecified atom stereocenters. The van der Waals surface area contributed by atoms with Gasteiger partial charge in [-0.2, -0.15) is 0 Å². The first-order valence-electron chi connectivity index (χ1n) is 9.27. The van der Waals surface area contributed by atoms with E-state index >= 15 is 0 Å². The van der Waals surface area contributed by atoms with Crippen molar-refractivity contribution in [2.45, 2.75) is 52.4 Å². The summed E-state index contributed by atoms with van der Waals surface area (Å²) in [7, 11) is 0. The van der Waals surface area contributed by atoms with Crippen LogP contribution in [0.15, 0.2) is 47.8 Å². The molecule has 0 spiro atoms. The Hall–Kier alpha value is -2.33. The van der Waals surface area contributed by atoms with Crippen LogP contribution in [0.25, 0.3) is 11.3 Å². The molecule has 0 radical (unpaired) electrons. The first kappa shape index (κ1) is 19.4. The number of rotatable bonds is 3. The van der Waals surface area contributed by atoms with E-state index in [1.807, 2.05) is 30.3 Å². The van der Waals surface area contributed by atoms with Gasteiger partial charge in [0.15, 0.2) is 0 Å². The number of thiazole rings is 1. The Morgan fingerprint density at radius 1 is 0.889 bits per heavy atom. The number of anilines is 2. The minimum atomic E-state index is -0.138. The molecule has 0 aliphatic heterocycles. The van der Waals surface area contributed by atoms with Crippen LogP contribution in [0.3, 0.4) is 0 Å². The minimum absolute atomic E-state index is 0.138. The summed E-state index contributed by atoms with van der Waals surface area (Å²) >= 11 is 1.64. The zero-order valence-electron chi connectivity index (χ0n) is 17.0. The molecule has 4 heteroatoms. The van der Waals surface area contributed by atoms with E-state index in [1.54, 1.807) is 11.3 Å². The molecule has 0 atom stereocenters. The molecule has 1 heterocycles.